The van der Waals surface area contributed by atoms with Gasteiger partial charge in [0.05, 0.1) is 16.3 Å². The molecule has 0 aliphatic heterocycles. The second-order valence-electron chi connectivity index (χ2n) is 10.9. The summed E-state index contributed by atoms with van der Waals surface area (Å²) in [6.45, 7) is 0.0299. The maximum atomic E-state index is 13.4. The minimum atomic E-state index is -4.57. The van der Waals surface area contributed by atoms with Crippen LogP contribution in [0.3, 0.4) is 0 Å². The second kappa shape index (κ2) is 12.0. The van der Waals surface area contributed by atoms with Crippen LogP contribution in [0.25, 0.3) is 5.82 Å². The summed E-state index contributed by atoms with van der Waals surface area (Å²) in [4.78, 5) is 21.3. The van der Waals surface area contributed by atoms with Crippen molar-refractivity contribution >= 4 is 27.3 Å². The van der Waals surface area contributed by atoms with E-state index < -0.39 is 57.0 Å². The average Bonchev–Trinajstić information content (AvgIpc) is 3.17. The lowest BCUT2D eigenvalue weighted by molar-refractivity contribution is -0.211. The van der Waals surface area contributed by atoms with E-state index in [1.807, 2.05) is 0 Å². The fourth-order valence-electron chi connectivity index (χ4n) is 4.64. The molecule has 2 N–H and O–H groups in total. The normalized spacial score (nSPS) is 20.3. The molecule has 1 fully saturated rings. The third kappa shape index (κ3) is 7.66. The molecule has 0 spiro atoms. The predicted octanol–water partition coefficient (Wildman–Crippen LogP) is 4.66. The van der Waals surface area contributed by atoms with Crippen molar-refractivity contribution in [3.8, 4) is 11.6 Å². The van der Waals surface area contributed by atoms with Gasteiger partial charge in [-0.3, -0.25) is 9.36 Å². The van der Waals surface area contributed by atoms with Gasteiger partial charge in [0.2, 0.25) is 0 Å². The molecule has 0 atom stereocenters. The molecule has 0 saturated heterocycles. The van der Waals surface area contributed by atoms with Gasteiger partial charge in [0.25, 0.3) is 5.91 Å². The first-order valence-electron chi connectivity index (χ1n) is 12.8. The standard InChI is InChI=1S/C25H32ClF5N4O5S/c1-5-17-34-18(21(36)33-13-24(37)8-6-15(7-9-24)41(4,38)39)19(26)35(17)20-16(40-22(27)28)10-14(12-32-20)11-23(2,3)25(29,30)31/h10,12,15,22,37H,5-9,11,13H2,1-4H3,(H,33,36)/t15-,24+. The van der Waals surface area contributed by atoms with Gasteiger partial charge in [0.15, 0.2) is 17.3 Å². The van der Waals surface area contributed by atoms with Gasteiger partial charge in [0.1, 0.15) is 20.8 Å². The van der Waals surface area contributed by atoms with Crippen molar-refractivity contribution in [1.29, 1.82) is 0 Å². The van der Waals surface area contributed by atoms with Crippen molar-refractivity contribution in [2.45, 2.75) is 82.9 Å². The number of nitrogens with zero attached hydrogens (tertiary/aromatic N) is 3. The Morgan fingerprint density at radius 2 is 1.90 bits per heavy atom. The number of aryl methyl sites for hydroxylation is 1. The van der Waals surface area contributed by atoms with Crippen molar-refractivity contribution in [1.82, 2.24) is 19.9 Å². The Labute approximate surface area is 239 Å². The first kappa shape index (κ1) is 33.0. The van der Waals surface area contributed by atoms with Gasteiger partial charge in [-0.05, 0) is 43.7 Å². The molecule has 0 aromatic carbocycles. The van der Waals surface area contributed by atoms with Crippen molar-refractivity contribution in [3.63, 3.8) is 0 Å². The Hall–Kier alpha value is -2.52. The minimum absolute atomic E-state index is 0.0159. The van der Waals surface area contributed by atoms with Gasteiger partial charge < -0.3 is 15.2 Å². The molecule has 230 valence electrons. The van der Waals surface area contributed by atoms with E-state index in [0.29, 0.717) is 0 Å². The Morgan fingerprint density at radius 1 is 1.29 bits per heavy atom. The van der Waals surface area contributed by atoms with Crippen LogP contribution < -0.4 is 10.1 Å². The summed E-state index contributed by atoms with van der Waals surface area (Å²) in [6, 6.07) is 1.01. The number of hydrogen-bond acceptors (Lipinski definition) is 7. The zero-order valence-electron chi connectivity index (χ0n) is 22.9. The largest absolute Gasteiger partial charge is 0.431 e. The van der Waals surface area contributed by atoms with E-state index in [4.69, 9.17) is 11.6 Å². The first-order valence-corrected chi connectivity index (χ1v) is 15.1. The summed E-state index contributed by atoms with van der Waals surface area (Å²) < 4.78 is 96.0. The number of carbonyl (C=O) groups excluding carboxylic acids is 1. The molecule has 0 bridgehead atoms. The fraction of sp³-hybridized carbons (Fsp3) is 0.640. The molecule has 41 heavy (non-hydrogen) atoms. The molecular weight excluding hydrogens is 599 g/mol. The van der Waals surface area contributed by atoms with Crippen molar-refractivity contribution in [2.75, 3.05) is 12.8 Å². The van der Waals surface area contributed by atoms with Gasteiger partial charge >= 0.3 is 12.8 Å². The zero-order chi connectivity index (χ0) is 31.0. The van der Waals surface area contributed by atoms with Crippen LogP contribution in [0.1, 0.15) is 68.3 Å². The number of ether oxygens (including phenoxy) is 1. The number of alkyl halides is 5. The Morgan fingerprint density at radius 3 is 2.41 bits per heavy atom. The Balaban J connectivity index is 1.89. The van der Waals surface area contributed by atoms with E-state index in [-0.39, 0.29) is 66.7 Å². The summed E-state index contributed by atoms with van der Waals surface area (Å²) in [6.07, 6.45) is -2.01. The van der Waals surface area contributed by atoms with Gasteiger partial charge in [0, 0.05) is 25.4 Å². The summed E-state index contributed by atoms with van der Waals surface area (Å²) in [5.74, 6) is -1.53. The molecule has 1 amide bonds. The third-order valence-corrected chi connectivity index (χ3v) is 9.23. The maximum absolute atomic E-state index is 13.4. The molecule has 2 aromatic rings. The highest BCUT2D eigenvalue weighted by Crippen LogP contribution is 2.41. The molecule has 16 heteroatoms. The maximum Gasteiger partial charge on any atom is 0.394 e. The molecule has 1 aliphatic rings. The molecule has 1 saturated carbocycles. The molecular formula is C25H32ClF5N4O5S. The summed E-state index contributed by atoms with van der Waals surface area (Å²) in [7, 11) is -3.26. The van der Waals surface area contributed by atoms with Gasteiger partial charge in [-0.2, -0.15) is 22.0 Å². The minimum Gasteiger partial charge on any atom is -0.431 e. The fourth-order valence-corrected chi connectivity index (χ4v) is 6.04. The Kier molecular flexibility index (Phi) is 9.65. The molecule has 9 nitrogen and oxygen atoms in total. The van der Waals surface area contributed by atoms with Gasteiger partial charge in [-0.1, -0.05) is 32.4 Å². The summed E-state index contributed by atoms with van der Waals surface area (Å²) >= 11 is 6.46. The quantitative estimate of drug-likeness (QED) is 0.366. The van der Waals surface area contributed by atoms with E-state index in [0.717, 1.165) is 36.9 Å². The van der Waals surface area contributed by atoms with Gasteiger partial charge in [-0.15, -0.1) is 0 Å². The van der Waals surface area contributed by atoms with Crippen LogP contribution in [0.4, 0.5) is 22.0 Å². The number of pyridine rings is 1. The van der Waals surface area contributed by atoms with Crippen LogP contribution in [0.2, 0.25) is 5.15 Å². The van der Waals surface area contributed by atoms with Crippen LogP contribution in [-0.2, 0) is 22.7 Å². The number of imidazole rings is 1. The topological polar surface area (TPSA) is 123 Å². The third-order valence-electron chi connectivity index (χ3n) is 7.20. The summed E-state index contributed by atoms with van der Waals surface area (Å²) in [5.41, 5.74) is -3.85. The number of hydrogen-bond donors (Lipinski definition) is 2. The van der Waals surface area contributed by atoms with E-state index in [1.54, 1.807) is 6.92 Å². The van der Waals surface area contributed by atoms with Crippen LogP contribution in [0.15, 0.2) is 12.3 Å². The monoisotopic (exact) mass is 630 g/mol. The number of amides is 1. The van der Waals surface area contributed by atoms with E-state index in [9.17, 15) is 40.3 Å². The molecule has 3 rings (SSSR count). The van der Waals surface area contributed by atoms with Crippen LogP contribution in [0.5, 0.6) is 5.75 Å². The SMILES string of the molecule is CCc1nc(C(=O)NC[C@]2(O)CC[C@@H](S(C)(=O)=O)CC2)c(Cl)n1-c1ncc(CC(C)(C)C(F)(F)F)cc1OC(F)F. The lowest BCUT2D eigenvalue weighted by Gasteiger charge is -2.35. The number of halogens is 6. The smallest absolute Gasteiger partial charge is 0.394 e. The van der Waals surface area contributed by atoms with Crippen molar-refractivity contribution in [2.24, 2.45) is 5.41 Å². The van der Waals surface area contributed by atoms with Crippen LogP contribution >= 0.6 is 11.6 Å². The van der Waals surface area contributed by atoms with Crippen LogP contribution in [-0.4, -0.2) is 70.4 Å². The number of aromatic nitrogens is 3. The lowest BCUT2D eigenvalue weighted by atomic mass is 9.84. The predicted molar refractivity (Wildman–Crippen MR) is 140 cm³/mol. The molecule has 2 aromatic heterocycles. The summed E-state index contributed by atoms with van der Waals surface area (Å²) in [5, 5.41) is 12.5. The average molecular weight is 631 g/mol. The number of rotatable bonds is 10. The molecule has 1 aliphatic carbocycles. The van der Waals surface area contributed by atoms with Crippen LogP contribution in [0, 0.1) is 5.41 Å². The second-order valence-corrected chi connectivity index (χ2v) is 13.6. The molecule has 0 unspecified atom stereocenters. The van der Waals surface area contributed by atoms with Crippen molar-refractivity contribution in [3.05, 3.63) is 34.5 Å². The zero-order valence-corrected chi connectivity index (χ0v) is 24.4. The number of nitrogens with one attached hydrogen (secondary N) is 1. The van der Waals surface area contributed by atoms with E-state index in [1.165, 1.54) is 0 Å². The number of aliphatic hydroxyl groups is 1. The highest BCUT2D eigenvalue weighted by atomic mass is 35.5. The number of carbonyl (C=O) groups is 1. The highest BCUT2D eigenvalue weighted by molar-refractivity contribution is 7.91. The van der Waals surface area contributed by atoms with E-state index >= 15 is 0 Å². The van der Waals surface area contributed by atoms with Gasteiger partial charge in [-0.25, -0.2) is 18.4 Å². The lowest BCUT2D eigenvalue weighted by Crippen LogP contribution is -2.47. The van der Waals surface area contributed by atoms with E-state index in [2.05, 4.69) is 20.0 Å². The number of sulfone groups is 1. The first-order chi connectivity index (χ1) is 18.8. The molecule has 2 heterocycles. The van der Waals surface area contributed by atoms with Crippen molar-refractivity contribution < 1.29 is 45.0 Å². The Bertz CT molecular complexity index is 1370. The molecule has 0 radical (unpaired) electrons. The highest BCUT2D eigenvalue weighted by Gasteiger charge is 2.47.